The van der Waals surface area contributed by atoms with Crippen molar-refractivity contribution in [2.45, 2.75) is 32.6 Å². The number of carbonyl (C=O) groups excluding carboxylic acids is 2. The third-order valence-electron chi connectivity index (χ3n) is 3.16. The van der Waals surface area contributed by atoms with Crippen LogP contribution in [0, 0.1) is 12.8 Å². The van der Waals surface area contributed by atoms with Gasteiger partial charge in [-0.25, -0.2) is 0 Å². The number of rotatable bonds is 2. The van der Waals surface area contributed by atoms with E-state index in [4.69, 9.17) is 0 Å². The highest BCUT2D eigenvalue weighted by molar-refractivity contribution is 6.01. The van der Waals surface area contributed by atoms with Gasteiger partial charge in [0.25, 0.3) is 0 Å². The van der Waals surface area contributed by atoms with E-state index >= 15 is 0 Å². The molecular weight excluding hydrogens is 202 g/mol. The van der Waals surface area contributed by atoms with Crippen LogP contribution in [0.5, 0.6) is 0 Å². The van der Waals surface area contributed by atoms with Crippen molar-refractivity contribution in [1.82, 2.24) is 4.98 Å². The maximum Gasteiger partial charge on any atom is 0.168 e. The number of Topliss-reactive ketones (excluding diaryl/α,β-unsaturated/α-hetero) is 2. The first-order chi connectivity index (χ1) is 7.68. The number of carbonyl (C=O) groups is 2. The Labute approximate surface area is 94.9 Å². The summed E-state index contributed by atoms with van der Waals surface area (Å²) in [5.41, 5.74) is 1.61. The van der Waals surface area contributed by atoms with Crippen molar-refractivity contribution in [3.05, 3.63) is 29.6 Å². The quantitative estimate of drug-likeness (QED) is 0.714. The smallest absolute Gasteiger partial charge is 0.168 e. The van der Waals surface area contributed by atoms with Crippen molar-refractivity contribution in [2.75, 3.05) is 0 Å². The molecule has 1 aliphatic rings. The number of nitrogens with zero attached hydrogens (tertiary/aromatic N) is 1. The monoisotopic (exact) mass is 217 g/mol. The van der Waals surface area contributed by atoms with Crippen LogP contribution in [0.25, 0.3) is 0 Å². The van der Waals surface area contributed by atoms with Crippen LogP contribution >= 0.6 is 0 Å². The predicted octanol–water partition coefficient (Wildman–Crippen LogP) is 2.33. The number of hydrogen-bond donors (Lipinski definition) is 0. The van der Waals surface area contributed by atoms with E-state index in [0.29, 0.717) is 18.4 Å². The molecule has 0 aromatic carbocycles. The Morgan fingerprint density at radius 3 is 3.00 bits per heavy atom. The maximum absolute atomic E-state index is 12.2. The first-order valence-electron chi connectivity index (χ1n) is 5.65. The SMILES string of the molecule is Cc1ccncc1C(=O)C1CCCC(=O)C1. The molecule has 0 N–H and O–H groups in total. The highest BCUT2D eigenvalue weighted by atomic mass is 16.1. The number of aromatic nitrogens is 1. The molecule has 1 atom stereocenters. The topological polar surface area (TPSA) is 47.0 Å². The molecule has 16 heavy (non-hydrogen) atoms. The zero-order valence-corrected chi connectivity index (χ0v) is 9.40. The zero-order chi connectivity index (χ0) is 11.5. The van der Waals surface area contributed by atoms with E-state index in [2.05, 4.69) is 4.98 Å². The molecule has 2 rings (SSSR count). The van der Waals surface area contributed by atoms with Crippen LogP contribution < -0.4 is 0 Å². The van der Waals surface area contributed by atoms with Crippen LogP contribution in [0.15, 0.2) is 18.5 Å². The van der Waals surface area contributed by atoms with E-state index < -0.39 is 0 Å². The molecule has 0 saturated heterocycles. The van der Waals surface area contributed by atoms with Gasteiger partial charge in [-0.15, -0.1) is 0 Å². The Morgan fingerprint density at radius 2 is 2.31 bits per heavy atom. The first kappa shape index (κ1) is 11.0. The minimum atomic E-state index is -0.121. The third kappa shape index (κ3) is 2.18. The second-order valence-corrected chi connectivity index (χ2v) is 4.39. The predicted molar refractivity (Wildman–Crippen MR) is 60.3 cm³/mol. The van der Waals surface area contributed by atoms with Gasteiger partial charge in [-0.05, 0) is 31.4 Å². The van der Waals surface area contributed by atoms with E-state index in [1.54, 1.807) is 12.4 Å². The largest absolute Gasteiger partial charge is 0.300 e. The molecule has 3 heteroatoms. The lowest BCUT2D eigenvalue weighted by molar-refractivity contribution is -0.121. The molecule has 1 aliphatic carbocycles. The van der Waals surface area contributed by atoms with Gasteiger partial charge in [-0.3, -0.25) is 14.6 Å². The second-order valence-electron chi connectivity index (χ2n) is 4.39. The third-order valence-corrected chi connectivity index (χ3v) is 3.16. The number of ketones is 2. The van der Waals surface area contributed by atoms with Crippen molar-refractivity contribution in [1.29, 1.82) is 0 Å². The molecular formula is C13H15NO2. The van der Waals surface area contributed by atoms with Crippen molar-refractivity contribution in [2.24, 2.45) is 5.92 Å². The van der Waals surface area contributed by atoms with E-state index in [9.17, 15) is 9.59 Å². The molecule has 1 unspecified atom stereocenters. The molecule has 1 fully saturated rings. The summed E-state index contributed by atoms with van der Waals surface area (Å²) in [5, 5.41) is 0. The molecule has 0 radical (unpaired) electrons. The summed E-state index contributed by atoms with van der Waals surface area (Å²) in [6.45, 7) is 1.90. The Bertz CT molecular complexity index is 426. The lowest BCUT2D eigenvalue weighted by Gasteiger charge is -2.19. The fourth-order valence-corrected chi connectivity index (χ4v) is 2.19. The maximum atomic E-state index is 12.2. The van der Waals surface area contributed by atoms with Gasteiger partial charge in [0.15, 0.2) is 5.78 Å². The van der Waals surface area contributed by atoms with Gasteiger partial charge in [0.1, 0.15) is 5.78 Å². The number of hydrogen-bond acceptors (Lipinski definition) is 3. The van der Waals surface area contributed by atoms with Crippen molar-refractivity contribution >= 4 is 11.6 Å². The molecule has 0 aliphatic heterocycles. The standard InChI is InChI=1S/C13H15NO2/c1-9-5-6-14-8-12(9)13(16)10-3-2-4-11(15)7-10/h5-6,8,10H,2-4,7H2,1H3. The molecule has 1 aromatic rings. The molecule has 0 amide bonds. The van der Waals surface area contributed by atoms with Gasteiger partial charge >= 0.3 is 0 Å². The summed E-state index contributed by atoms with van der Waals surface area (Å²) in [6.07, 6.45) is 6.01. The van der Waals surface area contributed by atoms with Gasteiger partial charge in [0.05, 0.1) is 0 Å². The first-order valence-corrected chi connectivity index (χ1v) is 5.65. The lowest BCUT2D eigenvalue weighted by atomic mass is 9.83. The fourth-order valence-electron chi connectivity index (χ4n) is 2.19. The normalized spacial score (nSPS) is 20.8. The molecule has 1 saturated carbocycles. The number of pyridine rings is 1. The fraction of sp³-hybridized carbons (Fsp3) is 0.462. The van der Waals surface area contributed by atoms with E-state index in [0.717, 1.165) is 18.4 Å². The van der Waals surface area contributed by atoms with Crippen molar-refractivity contribution in [3.63, 3.8) is 0 Å². The average Bonchev–Trinajstić information content (AvgIpc) is 2.29. The van der Waals surface area contributed by atoms with Crippen LogP contribution in [0.4, 0.5) is 0 Å². The highest BCUT2D eigenvalue weighted by Crippen LogP contribution is 2.25. The lowest BCUT2D eigenvalue weighted by Crippen LogP contribution is -2.23. The summed E-state index contributed by atoms with van der Waals surface area (Å²) < 4.78 is 0. The molecule has 1 aromatic heterocycles. The second kappa shape index (κ2) is 4.56. The number of aryl methyl sites for hydroxylation is 1. The Hall–Kier alpha value is -1.51. The minimum Gasteiger partial charge on any atom is -0.300 e. The summed E-state index contributed by atoms with van der Waals surface area (Å²) in [4.78, 5) is 27.5. The van der Waals surface area contributed by atoms with Crippen molar-refractivity contribution in [3.8, 4) is 0 Å². The molecule has 0 spiro atoms. The van der Waals surface area contributed by atoms with E-state index in [-0.39, 0.29) is 17.5 Å². The molecule has 0 bridgehead atoms. The highest BCUT2D eigenvalue weighted by Gasteiger charge is 2.27. The zero-order valence-electron chi connectivity index (χ0n) is 9.40. The Kier molecular flexibility index (Phi) is 3.13. The van der Waals surface area contributed by atoms with Gasteiger partial charge in [0.2, 0.25) is 0 Å². The van der Waals surface area contributed by atoms with Gasteiger partial charge in [0, 0.05) is 36.7 Å². The van der Waals surface area contributed by atoms with Crippen LogP contribution in [-0.4, -0.2) is 16.6 Å². The van der Waals surface area contributed by atoms with Crippen LogP contribution in [0.1, 0.15) is 41.6 Å². The summed E-state index contributed by atoms with van der Waals surface area (Å²) >= 11 is 0. The Balaban J connectivity index is 2.19. The Morgan fingerprint density at radius 1 is 1.50 bits per heavy atom. The van der Waals surface area contributed by atoms with E-state index in [1.807, 2.05) is 13.0 Å². The average molecular weight is 217 g/mol. The summed E-state index contributed by atoms with van der Waals surface area (Å²) in [7, 11) is 0. The molecule has 3 nitrogen and oxygen atoms in total. The van der Waals surface area contributed by atoms with Gasteiger partial charge < -0.3 is 0 Å². The van der Waals surface area contributed by atoms with Crippen molar-refractivity contribution < 1.29 is 9.59 Å². The van der Waals surface area contributed by atoms with Crippen LogP contribution in [0.2, 0.25) is 0 Å². The minimum absolute atomic E-state index is 0.0821. The van der Waals surface area contributed by atoms with Crippen LogP contribution in [0.3, 0.4) is 0 Å². The van der Waals surface area contributed by atoms with Crippen LogP contribution in [-0.2, 0) is 4.79 Å². The van der Waals surface area contributed by atoms with Gasteiger partial charge in [-0.1, -0.05) is 0 Å². The van der Waals surface area contributed by atoms with E-state index in [1.165, 1.54) is 0 Å². The summed E-state index contributed by atoms with van der Waals surface area (Å²) in [6, 6.07) is 1.83. The van der Waals surface area contributed by atoms with Gasteiger partial charge in [-0.2, -0.15) is 0 Å². The summed E-state index contributed by atoms with van der Waals surface area (Å²) in [5.74, 6) is 0.175. The molecule has 84 valence electrons. The molecule has 1 heterocycles.